The lowest BCUT2D eigenvalue weighted by Gasteiger charge is -2.35. The molecule has 0 unspecified atom stereocenters. The first-order valence-corrected chi connectivity index (χ1v) is 9.30. The van der Waals surface area contributed by atoms with Crippen LogP contribution >= 0.6 is 23.1 Å². The lowest BCUT2D eigenvalue weighted by molar-refractivity contribution is -0.134. The number of amides is 1. The van der Waals surface area contributed by atoms with Gasteiger partial charge in [0.25, 0.3) is 0 Å². The van der Waals surface area contributed by atoms with E-state index in [0.717, 1.165) is 30.6 Å². The van der Waals surface area contributed by atoms with Gasteiger partial charge in [-0.05, 0) is 24.3 Å². The number of nitrogens with one attached hydrogen (secondary N) is 1. The smallest absolute Gasteiger partial charge is 0.313 e. The summed E-state index contributed by atoms with van der Waals surface area (Å²) in [6.07, 6.45) is 5.23. The predicted octanol–water partition coefficient (Wildman–Crippen LogP) is 2.88. The van der Waals surface area contributed by atoms with Crippen LogP contribution in [0.15, 0.2) is 17.5 Å². The van der Waals surface area contributed by atoms with E-state index in [4.69, 9.17) is 5.11 Å². The van der Waals surface area contributed by atoms with Crippen molar-refractivity contribution >= 4 is 35.0 Å². The Morgan fingerprint density at radius 3 is 2.71 bits per heavy atom. The second-order valence-electron chi connectivity index (χ2n) is 5.32. The summed E-state index contributed by atoms with van der Waals surface area (Å²) < 4.78 is 0. The Balaban J connectivity index is 1.91. The maximum Gasteiger partial charge on any atom is 0.313 e. The molecule has 1 amide bonds. The van der Waals surface area contributed by atoms with E-state index in [0.29, 0.717) is 12.3 Å². The van der Waals surface area contributed by atoms with Gasteiger partial charge in [0.05, 0.1) is 11.2 Å². The molecule has 6 heteroatoms. The summed E-state index contributed by atoms with van der Waals surface area (Å²) in [4.78, 5) is 24.3. The van der Waals surface area contributed by atoms with Gasteiger partial charge in [0.15, 0.2) is 0 Å². The second-order valence-corrected chi connectivity index (χ2v) is 7.38. The Morgan fingerprint density at radius 1 is 1.33 bits per heavy atom. The van der Waals surface area contributed by atoms with Crippen LogP contribution in [0.25, 0.3) is 0 Å². The molecule has 2 N–H and O–H groups in total. The Morgan fingerprint density at radius 2 is 2.10 bits per heavy atom. The number of thioether (sulfide) groups is 1. The van der Waals surface area contributed by atoms with E-state index >= 15 is 0 Å². The lowest BCUT2D eigenvalue weighted by Crippen LogP contribution is -2.46. The number of carbonyl (C=O) groups is 2. The molecule has 1 saturated carbocycles. The maximum atomic E-state index is 12.7. The third-order valence-corrected chi connectivity index (χ3v) is 5.91. The predicted molar refractivity (Wildman–Crippen MR) is 87.1 cm³/mol. The molecular weight excluding hydrogens is 306 g/mol. The van der Waals surface area contributed by atoms with E-state index < -0.39 is 5.97 Å². The van der Waals surface area contributed by atoms with Gasteiger partial charge in [-0.2, -0.15) is 0 Å². The number of carboxylic acids is 1. The summed E-state index contributed by atoms with van der Waals surface area (Å²) in [5.41, 5.74) is -0.357. The molecule has 2 rings (SSSR count). The van der Waals surface area contributed by atoms with E-state index in [1.807, 2.05) is 11.4 Å². The standard InChI is InChI=1S/C15H21NO3S2/c17-13(18)11-20-10-8-16-14(19)15(6-2-1-3-7-15)12-5-4-9-21-12/h4-5,9H,1-3,6-8,10-11H2,(H,16,19)(H,17,18). The van der Waals surface area contributed by atoms with E-state index in [9.17, 15) is 9.59 Å². The quantitative estimate of drug-likeness (QED) is 0.756. The third kappa shape index (κ3) is 4.23. The van der Waals surface area contributed by atoms with Crippen molar-refractivity contribution in [3.63, 3.8) is 0 Å². The number of hydrogen-bond acceptors (Lipinski definition) is 4. The minimum Gasteiger partial charge on any atom is -0.481 e. The normalized spacial score (nSPS) is 17.3. The SMILES string of the molecule is O=C(O)CSCCNC(=O)C1(c2cccs2)CCCCC1. The fourth-order valence-electron chi connectivity index (χ4n) is 2.86. The van der Waals surface area contributed by atoms with E-state index in [1.54, 1.807) is 11.3 Å². The Kier molecular flexibility index (Phi) is 6.11. The molecule has 0 atom stereocenters. The monoisotopic (exact) mass is 327 g/mol. The highest BCUT2D eigenvalue weighted by atomic mass is 32.2. The third-order valence-electron chi connectivity index (χ3n) is 3.89. The summed E-state index contributed by atoms with van der Waals surface area (Å²) in [5, 5.41) is 13.6. The summed E-state index contributed by atoms with van der Waals surface area (Å²) in [5.74, 6) is 0.0269. The van der Waals surface area contributed by atoms with Crippen molar-refractivity contribution in [2.75, 3.05) is 18.1 Å². The van der Waals surface area contributed by atoms with Crippen LogP contribution in [0, 0.1) is 0 Å². The molecule has 21 heavy (non-hydrogen) atoms. The Labute approximate surface area is 133 Å². The largest absolute Gasteiger partial charge is 0.481 e. The first-order valence-electron chi connectivity index (χ1n) is 7.27. The van der Waals surface area contributed by atoms with Gasteiger partial charge in [0.2, 0.25) is 5.91 Å². The van der Waals surface area contributed by atoms with Gasteiger partial charge in [-0.25, -0.2) is 0 Å². The van der Waals surface area contributed by atoms with E-state index in [2.05, 4.69) is 11.4 Å². The van der Waals surface area contributed by atoms with E-state index in [1.165, 1.54) is 18.2 Å². The fourth-order valence-corrected chi connectivity index (χ4v) is 4.41. The molecule has 1 fully saturated rings. The van der Waals surface area contributed by atoms with Gasteiger partial charge in [0.1, 0.15) is 0 Å². The zero-order valence-electron chi connectivity index (χ0n) is 12.0. The average molecular weight is 327 g/mol. The topological polar surface area (TPSA) is 66.4 Å². The van der Waals surface area contributed by atoms with Crippen LogP contribution in [0.3, 0.4) is 0 Å². The van der Waals surface area contributed by atoms with Crippen LogP contribution in [-0.2, 0) is 15.0 Å². The zero-order chi connectivity index (χ0) is 15.1. The molecule has 0 aliphatic heterocycles. The number of hydrogen-bond donors (Lipinski definition) is 2. The summed E-state index contributed by atoms with van der Waals surface area (Å²) in [6, 6.07) is 4.07. The molecule has 1 aliphatic rings. The molecule has 4 nitrogen and oxygen atoms in total. The summed E-state index contributed by atoms with van der Waals surface area (Å²) in [7, 11) is 0. The van der Waals surface area contributed by atoms with Gasteiger partial charge in [-0.15, -0.1) is 23.1 Å². The van der Waals surface area contributed by atoms with Crippen molar-refractivity contribution in [2.45, 2.75) is 37.5 Å². The molecule has 0 spiro atoms. The van der Waals surface area contributed by atoms with Crippen LogP contribution in [0.4, 0.5) is 0 Å². The van der Waals surface area contributed by atoms with Crippen molar-refractivity contribution < 1.29 is 14.7 Å². The summed E-state index contributed by atoms with van der Waals surface area (Å²) in [6.45, 7) is 0.532. The number of rotatable bonds is 7. The van der Waals surface area contributed by atoms with Gasteiger partial charge < -0.3 is 10.4 Å². The number of aliphatic carboxylic acids is 1. The highest BCUT2D eigenvalue weighted by Gasteiger charge is 2.41. The number of thiophene rings is 1. The molecular formula is C15H21NO3S2. The first kappa shape index (κ1) is 16.4. The zero-order valence-corrected chi connectivity index (χ0v) is 13.6. The number of carbonyl (C=O) groups excluding carboxylic acids is 1. The van der Waals surface area contributed by atoms with Gasteiger partial charge in [0, 0.05) is 17.2 Å². The Hall–Kier alpha value is -1.01. The van der Waals surface area contributed by atoms with Crippen molar-refractivity contribution in [2.24, 2.45) is 0 Å². The minimum atomic E-state index is -0.811. The van der Waals surface area contributed by atoms with Crippen molar-refractivity contribution in [1.29, 1.82) is 0 Å². The molecule has 0 bridgehead atoms. The Bertz CT molecular complexity index is 467. The molecule has 116 valence electrons. The molecule has 1 heterocycles. The minimum absolute atomic E-state index is 0.0892. The molecule has 0 saturated heterocycles. The lowest BCUT2D eigenvalue weighted by atomic mass is 9.72. The highest BCUT2D eigenvalue weighted by molar-refractivity contribution is 7.99. The molecule has 1 aromatic rings. The van der Waals surface area contributed by atoms with Crippen molar-refractivity contribution in [3.8, 4) is 0 Å². The van der Waals surface area contributed by atoms with Crippen LogP contribution in [0.2, 0.25) is 0 Å². The van der Waals surface area contributed by atoms with Crippen LogP contribution in [0.5, 0.6) is 0 Å². The van der Waals surface area contributed by atoms with Crippen LogP contribution in [0.1, 0.15) is 37.0 Å². The molecule has 1 aromatic heterocycles. The van der Waals surface area contributed by atoms with Gasteiger partial charge in [-0.1, -0.05) is 25.3 Å². The van der Waals surface area contributed by atoms with E-state index in [-0.39, 0.29) is 17.1 Å². The van der Waals surface area contributed by atoms with Gasteiger partial charge in [-0.3, -0.25) is 9.59 Å². The first-order chi connectivity index (χ1) is 10.1. The van der Waals surface area contributed by atoms with Crippen molar-refractivity contribution in [3.05, 3.63) is 22.4 Å². The highest BCUT2D eigenvalue weighted by Crippen LogP contribution is 2.41. The summed E-state index contributed by atoms with van der Waals surface area (Å²) >= 11 is 3.00. The van der Waals surface area contributed by atoms with Crippen LogP contribution < -0.4 is 5.32 Å². The van der Waals surface area contributed by atoms with Crippen LogP contribution in [-0.4, -0.2) is 35.0 Å². The second kappa shape index (κ2) is 7.84. The van der Waals surface area contributed by atoms with Crippen molar-refractivity contribution in [1.82, 2.24) is 5.32 Å². The molecule has 0 aromatic carbocycles. The fraction of sp³-hybridized carbons (Fsp3) is 0.600. The molecule has 1 aliphatic carbocycles. The average Bonchev–Trinajstić information content (AvgIpc) is 3.01. The number of carboxylic acid groups (broad SMARTS) is 1. The molecule has 0 radical (unpaired) electrons. The van der Waals surface area contributed by atoms with Gasteiger partial charge >= 0.3 is 5.97 Å². The maximum absolute atomic E-state index is 12.7.